The Bertz CT molecular complexity index is 1020. The van der Waals surface area contributed by atoms with Crippen molar-refractivity contribution in [3.05, 3.63) is 58.4 Å². The Balaban J connectivity index is 1.57. The number of aromatic nitrogens is 4. The summed E-state index contributed by atoms with van der Waals surface area (Å²) in [6.45, 7) is 2.73. The van der Waals surface area contributed by atoms with Crippen molar-refractivity contribution in [2.75, 3.05) is 5.32 Å². The van der Waals surface area contributed by atoms with Gasteiger partial charge >= 0.3 is 0 Å². The Morgan fingerprint density at radius 1 is 1.21 bits per heavy atom. The normalized spacial score (nSPS) is 14.5. The van der Waals surface area contributed by atoms with Gasteiger partial charge in [0.1, 0.15) is 5.82 Å². The molecule has 3 heterocycles. The molecule has 1 aliphatic rings. The second-order valence-corrected chi connectivity index (χ2v) is 7.67. The van der Waals surface area contributed by atoms with E-state index in [1.54, 1.807) is 33.8 Å². The lowest BCUT2D eigenvalue weighted by Gasteiger charge is -2.13. The molecule has 0 atom stereocenters. The molecule has 1 aliphatic carbocycles. The molecular weight excluding hydrogens is 374 g/mol. The van der Waals surface area contributed by atoms with Gasteiger partial charge in [-0.05, 0) is 31.4 Å². The van der Waals surface area contributed by atoms with E-state index in [2.05, 4.69) is 15.4 Å². The highest BCUT2D eigenvalue weighted by Crippen LogP contribution is 2.30. The molecule has 0 saturated heterocycles. The topological polar surface area (TPSA) is 64.7 Å². The SMILES string of the molecule is CCCn1cc(-n2cc(-c3cnc(NC4CCCC4)cc3Cl)cn2)ccc1=O. The van der Waals surface area contributed by atoms with Crippen LogP contribution in [0, 0.1) is 0 Å². The van der Waals surface area contributed by atoms with Crippen LogP contribution in [0.15, 0.2) is 47.8 Å². The van der Waals surface area contributed by atoms with Gasteiger partial charge in [-0.2, -0.15) is 5.10 Å². The smallest absolute Gasteiger partial charge is 0.250 e. The van der Waals surface area contributed by atoms with Gasteiger partial charge in [-0.15, -0.1) is 0 Å². The molecule has 0 aliphatic heterocycles. The molecule has 3 aromatic heterocycles. The molecule has 1 saturated carbocycles. The molecule has 1 N–H and O–H groups in total. The van der Waals surface area contributed by atoms with Crippen LogP contribution < -0.4 is 10.9 Å². The van der Waals surface area contributed by atoms with Gasteiger partial charge in [0, 0.05) is 48.4 Å². The van der Waals surface area contributed by atoms with Crippen LogP contribution in [0.1, 0.15) is 39.0 Å². The summed E-state index contributed by atoms with van der Waals surface area (Å²) in [6, 6.07) is 5.73. The van der Waals surface area contributed by atoms with E-state index in [0.29, 0.717) is 17.6 Å². The highest BCUT2D eigenvalue weighted by Gasteiger charge is 2.16. The second-order valence-electron chi connectivity index (χ2n) is 7.27. The molecule has 1 fully saturated rings. The second kappa shape index (κ2) is 8.19. The quantitative estimate of drug-likeness (QED) is 0.664. The van der Waals surface area contributed by atoms with Crippen LogP contribution in [0.3, 0.4) is 0 Å². The molecule has 0 amide bonds. The number of hydrogen-bond donors (Lipinski definition) is 1. The minimum absolute atomic E-state index is 0.00410. The maximum atomic E-state index is 11.9. The third kappa shape index (κ3) is 3.97. The predicted octanol–water partition coefficient (Wildman–Crippen LogP) is 4.51. The molecule has 7 heteroatoms. The third-order valence-corrected chi connectivity index (χ3v) is 5.46. The fraction of sp³-hybridized carbons (Fsp3) is 0.381. The van der Waals surface area contributed by atoms with Crippen molar-refractivity contribution in [3.8, 4) is 16.8 Å². The number of nitrogens with zero attached hydrogens (tertiary/aromatic N) is 4. The summed E-state index contributed by atoms with van der Waals surface area (Å²) in [4.78, 5) is 16.5. The summed E-state index contributed by atoms with van der Waals surface area (Å²) in [5.74, 6) is 0.819. The summed E-state index contributed by atoms with van der Waals surface area (Å²) in [5.41, 5.74) is 2.56. The summed E-state index contributed by atoms with van der Waals surface area (Å²) in [7, 11) is 0. The molecule has 0 aromatic carbocycles. The van der Waals surface area contributed by atoms with Gasteiger partial charge in [-0.1, -0.05) is 31.4 Å². The van der Waals surface area contributed by atoms with Crippen molar-refractivity contribution in [3.63, 3.8) is 0 Å². The van der Waals surface area contributed by atoms with Crippen molar-refractivity contribution in [2.45, 2.75) is 51.6 Å². The molecular formula is C21H24ClN5O. The first-order valence-corrected chi connectivity index (χ1v) is 10.2. The van der Waals surface area contributed by atoms with E-state index in [9.17, 15) is 4.79 Å². The largest absolute Gasteiger partial charge is 0.367 e. The fourth-order valence-electron chi connectivity index (χ4n) is 3.67. The van der Waals surface area contributed by atoms with E-state index in [-0.39, 0.29) is 5.56 Å². The Kier molecular flexibility index (Phi) is 5.48. The number of rotatable bonds is 6. The van der Waals surface area contributed by atoms with Crippen molar-refractivity contribution >= 4 is 17.4 Å². The first-order chi connectivity index (χ1) is 13.6. The Labute approximate surface area is 169 Å². The molecule has 0 radical (unpaired) electrons. The third-order valence-electron chi connectivity index (χ3n) is 5.15. The van der Waals surface area contributed by atoms with Crippen LogP contribution in [0.5, 0.6) is 0 Å². The van der Waals surface area contributed by atoms with Gasteiger partial charge in [-0.25, -0.2) is 9.67 Å². The van der Waals surface area contributed by atoms with E-state index in [1.165, 1.54) is 25.7 Å². The summed E-state index contributed by atoms with van der Waals surface area (Å²) in [5, 5.41) is 8.55. The van der Waals surface area contributed by atoms with Crippen LogP contribution in [0.2, 0.25) is 5.02 Å². The van der Waals surface area contributed by atoms with E-state index in [4.69, 9.17) is 11.6 Å². The minimum Gasteiger partial charge on any atom is -0.367 e. The van der Waals surface area contributed by atoms with Crippen molar-refractivity contribution in [2.24, 2.45) is 0 Å². The molecule has 6 nitrogen and oxygen atoms in total. The van der Waals surface area contributed by atoms with E-state index < -0.39 is 0 Å². The van der Waals surface area contributed by atoms with Crippen LogP contribution in [0.4, 0.5) is 5.82 Å². The monoisotopic (exact) mass is 397 g/mol. The molecule has 146 valence electrons. The predicted molar refractivity (Wildman–Crippen MR) is 112 cm³/mol. The van der Waals surface area contributed by atoms with Gasteiger partial charge in [0.25, 0.3) is 5.56 Å². The molecule has 4 rings (SSSR count). The van der Waals surface area contributed by atoms with Gasteiger partial charge < -0.3 is 9.88 Å². The maximum Gasteiger partial charge on any atom is 0.250 e. The van der Waals surface area contributed by atoms with Crippen molar-refractivity contribution < 1.29 is 0 Å². The zero-order valence-electron chi connectivity index (χ0n) is 15.9. The highest BCUT2D eigenvalue weighted by atomic mass is 35.5. The number of hydrogen-bond acceptors (Lipinski definition) is 4. The molecule has 28 heavy (non-hydrogen) atoms. The highest BCUT2D eigenvalue weighted by molar-refractivity contribution is 6.33. The van der Waals surface area contributed by atoms with E-state index in [0.717, 1.165) is 29.1 Å². The van der Waals surface area contributed by atoms with Crippen molar-refractivity contribution in [1.82, 2.24) is 19.3 Å². The number of pyridine rings is 2. The summed E-state index contributed by atoms with van der Waals surface area (Å²) in [6.07, 6.45) is 13.1. The Morgan fingerprint density at radius 2 is 2.04 bits per heavy atom. The average Bonchev–Trinajstić information content (AvgIpc) is 3.36. The zero-order valence-corrected chi connectivity index (χ0v) is 16.7. The Hall–Kier alpha value is -2.60. The van der Waals surface area contributed by atoms with Gasteiger partial charge in [-0.3, -0.25) is 4.79 Å². The summed E-state index contributed by atoms with van der Waals surface area (Å²) >= 11 is 6.53. The van der Waals surface area contributed by atoms with Crippen LogP contribution in [-0.2, 0) is 6.54 Å². The van der Waals surface area contributed by atoms with E-state index in [1.807, 2.05) is 25.4 Å². The standard InChI is InChI=1S/C21H24ClN5O/c1-2-9-26-14-17(7-8-21(26)28)27-13-15(11-24-27)18-12-23-20(10-19(18)22)25-16-5-3-4-6-16/h7-8,10-14,16H,2-6,9H2,1H3,(H,23,25). The lowest BCUT2D eigenvalue weighted by Crippen LogP contribution is -2.19. The van der Waals surface area contributed by atoms with Gasteiger partial charge in [0.15, 0.2) is 0 Å². The fourth-order valence-corrected chi connectivity index (χ4v) is 3.94. The first-order valence-electron chi connectivity index (χ1n) is 9.82. The molecule has 0 spiro atoms. The minimum atomic E-state index is -0.00410. The maximum absolute atomic E-state index is 11.9. The van der Waals surface area contributed by atoms with Crippen LogP contribution in [0.25, 0.3) is 16.8 Å². The van der Waals surface area contributed by atoms with Crippen molar-refractivity contribution in [1.29, 1.82) is 0 Å². The summed E-state index contributed by atoms with van der Waals surface area (Å²) < 4.78 is 3.46. The number of aryl methyl sites for hydroxylation is 1. The molecule has 0 unspecified atom stereocenters. The van der Waals surface area contributed by atoms with Gasteiger partial charge in [0.05, 0.1) is 16.9 Å². The molecule has 3 aromatic rings. The zero-order chi connectivity index (χ0) is 19.5. The van der Waals surface area contributed by atoms with Gasteiger partial charge in [0.2, 0.25) is 0 Å². The van der Waals surface area contributed by atoms with Crippen LogP contribution in [-0.4, -0.2) is 25.4 Å². The number of nitrogens with one attached hydrogen (secondary N) is 1. The average molecular weight is 398 g/mol. The molecule has 0 bridgehead atoms. The number of halogens is 1. The lowest BCUT2D eigenvalue weighted by atomic mass is 10.1. The first kappa shape index (κ1) is 18.7. The van der Waals surface area contributed by atoms with Crippen LogP contribution >= 0.6 is 11.6 Å². The van der Waals surface area contributed by atoms with E-state index >= 15 is 0 Å². The Morgan fingerprint density at radius 3 is 2.79 bits per heavy atom. The number of anilines is 1. The lowest BCUT2D eigenvalue weighted by molar-refractivity contribution is 0.648.